The van der Waals surface area contributed by atoms with Crippen LogP contribution < -0.4 is 10.1 Å². The van der Waals surface area contributed by atoms with Crippen LogP contribution in [0.4, 0.5) is 11.5 Å². The Morgan fingerprint density at radius 1 is 1.06 bits per heavy atom. The normalized spacial score (nSPS) is 22.9. The van der Waals surface area contributed by atoms with E-state index in [4.69, 9.17) is 14.6 Å². The molecule has 0 spiro atoms. The third-order valence-electron chi connectivity index (χ3n) is 5.52. The highest BCUT2D eigenvalue weighted by atomic mass is 16.6. The lowest BCUT2D eigenvalue weighted by Crippen LogP contribution is -2.30. The Bertz CT molecular complexity index is 1250. The number of anilines is 2. The maximum Gasteiger partial charge on any atom is 0.181 e. The molecule has 32 heavy (non-hydrogen) atoms. The van der Waals surface area contributed by atoms with Gasteiger partial charge < -0.3 is 25.0 Å². The quantitative estimate of drug-likeness (QED) is 0.433. The summed E-state index contributed by atoms with van der Waals surface area (Å²) in [4.78, 5) is 13.0. The van der Waals surface area contributed by atoms with Crippen molar-refractivity contribution in [1.29, 1.82) is 0 Å². The Hall–Kier alpha value is -3.60. The average molecular weight is 434 g/mol. The highest BCUT2D eigenvalue weighted by Crippen LogP contribution is 2.38. The number of benzene rings is 1. The van der Waals surface area contributed by atoms with Gasteiger partial charge in [0.05, 0.1) is 24.3 Å². The largest absolute Gasteiger partial charge is 0.495 e. The zero-order valence-electron chi connectivity index (χ0n) is 17.5. The highest BCUT2D eigenvalue weighted by Gasteiger charge is 2.43. The van der Waals surface area contributed by atoms with Crippen LogP contribution in [0, 0.1) is 0 Å². The van der Waals surface area contributed by atoms with E-state index in [-0.39, 0.29) is 0 Å². The van der Waals surface area contributed by atoms with Gasteiger partial charge in [0, 0.05) is 18.0 Å². The minimum Gasteiger partial charge on any atom is -0.495 e. The number of hydrogen-bond donors (Lipinski definition) is 3. The number of nitrogens with one attached hydrogen (secondary N) is 1. The summed E-state index contributed by atoms with van der Waals surface area (Å²) in [6, 6.07) is 11.2. The molecule has 164 valence electrons. The number of hydrogen-bond acceptors (Lipinski definition) is 9. The molecule has 1 aromatic carbocycles. The van der Waals surface area contributed by atoms with Crippen molar-refractivity contribution >= 4 is 22.5 Å². The molecule has 0 amide bonds. The fraction of sp³-hybridized carbons (Fsp3) is 0.273. The van der Waals surface area contributed by atoms with Gasteiger partial charge in [0.2, 0.25) is 0 Å². The Morgan fingerprint density at radius 3 is 2.56 bits per heavy atom. The van der Waals surface area contributed by atoms with Gasteiger partial charge in [0.15, 0.2) is 11.9 Å². The predicted molar refractivity (Wildman–Crippen MR) is 116 cm³/mol. The second-order valence-electron chi connectivity index (χ2n) is 7.49. The van der Waals surface area contributed by atoms with E-state index in [1.54, 1.807) is 26.4 Å². The molecule has 1 saturated heterocycles. The minimum atomic E-state index is -1.15. The van der Waals surface area contributed by atoms with E-state index >= 15 is 0 Å². The first-order chi connectivity index (χ1) is 15.6. The molecule has 0 radical (unpaired) electrons. The summed E-state index contributed by atoms with van der Waals surface area (Å²) in [5.74, 6) is 1.17. The maximum atomic E-state index is 10.6. The van der Waals surface area contributed by atoms with Crippen molar-refractivity contribution < 1.29 is 19.7 Å². The van der Waals surface area contributed by atoms with E-state index in [0.29, 0.717) is 28.3 Å². The van der Waals surface area contributed by atoms with E-state index in [1.165, 1.54) is 11.0 Å². The molecule has 3 N–H and O–H groups in total. The van der Waals surface area contributed by atoms with E-state index in [9.17, 15) is 10.2 Å². The molecule has 0 saturated carbocycles. The summed E-state index contributed by atoms with van der Waals surface area (Å²) < 4.78 is 12.8. The molecule has 10 nitrogen and oxygen atoms in total. The standard InChI is InChI=1S/C22H22N6O4/c1-12-18(29)19(30)22(32-12)28-21-16(17(27-28)13-7-9-23-10-8-13)20(24-11-25-21)26-14-5-3-4-6-15(14)31-2/h3-12,18-19,22,29-30H,1-2H3,(H,24,25,26)/t12-,18-,19-,22-/m1/s1. The lowest BCUT2D eigenvalue weighted by Gasteiger charge is -2.15. The molecular weight excluding hydrogens is 412 g/mol. The van der Waals surface area contributed by atoms with Gasteiger partial charge in [-0.2, -0.15) is 5.10 Å². The molecule has 5 rings (SSSR count). The SMILES string of the molecule is COc1ccccc1Nc1ncnc2c1c(-c1ccncc1)nn2[C@@H]1O[C@H](C)[C@@H](O)[C@H]1O. The van der Waals surface area contributed by atoms with Gasteiger partial charge in [0.1, 0.15) is 35.8 Å². The number of rotatable bonds is 5. The third kappa shape index (κ3) is 3.34. The van der Waals surface area contributed by atoms with Gasteiger partial charge in [-0.25, -0.2) is 14.6 Å². The molecule has 1 fully saturated rings. The minimum absolute atomic E-state index is 0.453. The van der Waals surface area contributed by atoms with Crippen LogP contribution in [0.3, 0.4) is 0 Å². The van der Waals surface area contributed by atoms with E-state index in [2.05, 4.69) is 20.3 Å². The van der Waals surface area contributed by atoms with E-state index < -0.39 is 24.5 Å². The monoisotopic (exact) mass is 434 g/mol. The van der Waals surface area contributed by atoms with Crippen LogP contribution in [-0.4, -0.2) is 60.4 Å². The number of aromatic nitrogens is 5. The lowest BCUT2D eigenvalue weighted by molar-refractivity contribution is -0.0370. The second kappa shape index (κ2) is 8.15. The number of pyridine rings is 1. The number of fused-ring (bicyclic) bond motifs is 1. The van der Waals surface area contributed by atoms with Crippen molar-refractivity contribution in [1.82, 2.24) is 24.7 Å². The van der Waals surface area contributed by atoms with E-state index in [1.807, 2.05) is 36.4 Å². The Kier molecular flexibility index (Phi) is 5.17. The topological polar surface area (TPSA) is 127 Å². The fourth-order valence-corrected chi connectivity index (χ4v) is 3.86. The predicted octanol–water partition coefficient (Wildman–Crippen LogP) is 2.28. The Morgan fingerprint density at radius 2 is 1.84 bits per heavy atom. The number of para-hydroxylation sites is 2. The van der Waals surface area contributed by atoms with Crippen LogP contribution >= 0.6 is 0 Å². The van der Waals surface area contributed by atoms with Crippen molar-refractivity contribution in [2.24, 2.45) is 0 Å². The summed E-state index contributed by atoms with van der Waals surface area (Å²) in [5.41, 5.74) is 2.56. The van der Waals surface area contributed by atoms with Crippen molar-refractivity contribution in [3.63, 3.8) is 0 Å². The van der Waals surface area contributed by atoms with Crippen molar-refractivity contribution in [3.8, 4) is 17.0 Å². The average Bonchev–Trinajstić information content (AvgIpc) is 3.33. The van der Waals surface area contributed by atoms with Crippen LogP contribution in [0.15, 0.2) is 55.1 Å². The van der Waals surface area contributed by atoms with Gasteiger partial charge in [-0.1, -0.05) is 12.1 Å². The zero-order chi connectivity index (χ0) is 22.2. The summed E-state index contributed by atoms with van der Waals surface area (Å²) in [6.45, 7) is 1.70. The molecule has 1 aliphatic rings. The fourth-order valence-electron chi connectivity index (χ4n) is 3.86. The van der Waals surface area contributed by atoms with Gasteiger partial charge >= 0.3 is 0 Å². The maximum absolute atomic E-state index is 10.6. The van der Waals surface area contributed by atoms with Crippen molar-refractivity contribution in [3.05, 3.63) is 55.1 Å². The van der Waals surface area contributed by atoms with Crippen LogP contribution in [0.1, 0.15) is 13.2 Å². The van der Waals surface area contributed by atoms with Gasteiger partial charge in [-0.15, -0.1) is 0 Å². The number of nitrogens with zero attached hydrogens (tertiary/aromatic N) is 5. The number of methoxy groups -OCH3 is 1. The molecular formula is C22H22N6O4. The van der Waals surface area contributed by atoms with Gasteiger partial charge in [0.25, 0.3) is 0 Å². The molecule has 4 aromatic rings. The number of aliphatic hydroxyl groups excluding tert-OH is 2. The number of aliphatic hydroxyl groups is 2. The first-order valence-corrected chi connectivity index (χ1v) is 10.1. The van der Waals surface area contributed by atoms with Gasteiger partial charge in [-0.3, -0.25) is 4.98 Å². The van der Waals surface area contributed by atoms with Crippen LogP contribution in [-0.2, 0) is 4.74 Å². The Labute approximate surface area is 183 Å². The summed E-state index contributed by atoms with van der Waals surface area (Å²) in [5, 5.41) is 29.5. The molecule has 10 heteroatoms. The molecule has 4 atom stereocenters. The molecule has 0 aliphatic carbocycles. The van der Waals surface area contributed by atoms with Crippen molar-refractivity contribution in [2.45, 2.75) is 31.5 Å². The number of ether oxygens (including phenoxy) is 2. The van der Waals surface area contributed by atoms with Gasteiger partial charge in [-0.05, 0) is 31.2 Å². The van der Waals surface area contributed by atoms with Crippen LogP contribution in [0.5, 0.6) is 5.75 Å². The first-order valence-electron chi connectivity index (χ1n) is 10.1. The molecule has 0 unspecified atom stereocenters. The smallest absolute Gasteiger partial charge is 0.181 e. The summed E-state index contributed by atoms with van der Waals surface area (Å²) in [6.07, 6.45) is 1.12. The van der Waals surface area contributed by atoms with Crippen LogP contribution in [0.2, 0.25) is 0 Å². The van der Waals surface area contributed by atoms with Crippen LogP contribution in [0.25, 0.3) is 22.3 Å². The van der Waals surface area contributed by atoms with E-state index in [0.717, 1.165) is 11.3 Å². The summed E-state index contributed by atoms with van der Waals surface area (Å²) in [7, 11) is 1.60. The zero-order valence-corrected chi connectivity index (χ0v) is 17.5. The highest BCUT2D eigenvalue weighted by molar-refractivity contribution is 6.00. The summed E-state index contributed by atoms with van der Waals surface area (Å²) >= 11 is 0. The molecule has 4 heterocycles. The first kappa shape index (κ1) is 20.3. The second-order valence-corrected chi connectivity index (χ2v) is 7.49. The molecule has 0 bridgehead atoms. The molecule has 1 aliphatic heterocycles. The van der Waals surface area contributed by atoms with Crippen molar-refractivity contribution in [2.75, 3.05) is 12.4 Å². The molecule has 3 aromatic heterocycles. The lowest BCUT2D eigenvalue weighted by atomic mass is 10.1. The Balaban J connectivity index is 1.70. The third-order valence-corrected chi connectivity index (χ3v) is 5.52.